The lowest BCUT2D eigenvalue weighted by atomic mass is 9.95. The van der Waals surface area contributed by atoms with Gasteiger partial charge in [-0.2, -0.15) is 0 Å². The first-order valence-electron chi connectivity index (χ1n) is 7.15. The van der Waals surface area contributed by atoms with E-state index in [-0.39, 0.29) is 0 Å². The summed E-state index contributed by atoms with van der Waals surface area (Å²) in [6, 6.07) is 6.64. The molecular formula is C16H23N3. The molecule has 0 aliphatic carbocycles. The summed E-state index contributed by atoms with van der Waals surface area (Å²) in [5.74, 6) is 0.654. The van der Waals surface area contributed by atoms with Crippen molar-refractivity contribution in [2.75, 3.05) is 6.54 Å². The van der Waals surface area contributed by atoms with Crippen molar-refractivity contribution in [1.82, 2.24) is 15.3 Å². The van der Waals surface area contributed by atoms with Crippen LogP contribution in [0.4, 0.5) is 0 Å². The molecule has 3 heteroatoms. The van der Waals surface area contributed by atoms with Crippen molar-refractivity contribution in [1.29, 1.82) is 0 Å². The summed E-state index contributed by atoms with van der Waals surface area (Å²) in [4.78, 5) is 8.91. The Morgan fingerprint density at radius 2 is 1.95 bits per heavy atom. The third-order valence-corrected chi connectivity index (χ3v) is 3.25. The summed E-state index contributed by atoms with van der Waals surface area (Å²) in [7, 11) is 0. The van der Waals surface area contributed by atoms with E-state index in [1.807, 2.05) is 6.07 Å². The average molecular weight is 257 g/mol. The zero-order valence-electron chi connectivity index (χ0n) is 12.1. The predicted octanol–water partition coefficient (Wildman–Crippen LogP) is 3.72. The van der Waals surface area contributed by atoms with Gasteiger partial charge in [0.1, 0.15) is 0 Å². The number of hydrogen-bond acceptors (Lipinski definition) is 3. The van der Waals surface area contributed by atoms with Gasteiger partial charge in [0.25, 0.3) is 0 Å². The first kappa shape index (κ1) is 13.9. The molecule has 0 amide bonds. The Morgan fingerprint density at radius 3 is 2.68 bits per heavy atom. The molecule has 0 bridgehead atoms. The number of nitrogens with zero attached hydrogens (tertiary/aromatic N) is 2. The molecule has 2 aromatic rings. The van der Waals surface area contributed by atoms with Gasteiger partial charge >= 0.3 is 0 Å². The first-order valence-corrected chi connectivity index (χ1v) is 7.15. The van der Waals surface area contributed by atoms with Crippen molar-refractivity contribution < 1.29 is 0 Å². The van der Waals surface area contributed by atoms with Crippen LogP contribution in [0.2, 0.25) is 0 Å². The minimum Gasteiger partial charge on any atom is -0.310 e. The monoisotopic (exact) mass is 257 g/mol. The van der Waals surface area contributed by atoms with E-state index in [0.29, 0.717) is 12.0 Å². The molecular weight excluding hydrogens is 234 g/mol. The van der Waals surface area contributed by atoms with Crippen molar-refractivity contribution in [3.8, 4) is 0 Å². The lowest BCUT2D eigenvalue weighted by Crippen LogP contribution is -2.24. The number of benzene rings is 1. The van der Waals surface area contributed by atoms with Gasteiger partial charge in [-0.1, -0.05) is 32.9 Å². The third kappa shape index (κ3) is 3.51. The van der Waals surface area contributed by atoms with Crippen LogP contribution in [0.3, 0.4) is 0 Å². The fourth-order valence-electron chi connectivity index (χ4n) is 2.41. The standard InChI is InChI=1S/C16H23N3/c1-4-8-17-15(11-12(2)3)13-6-5-7-14-16(13)19-10-9-18-14/h5-7,9-10,12,15,17H,4,8,11H2,1-3H3. The third-order valence-electron chi connectivity index (χ3n) is 3.25. The van der Waals surface area contributed by atoms with Crippen LogP contribution in [0.1, 0.15) is 45.2 Å². The normalized spacial score (nSPS) is 13.1. The van der Waals surface area contributed by atoms with Crippen molar-refractivity contribution in [3.05, 3.63) is 36.2 Å². The van der Waals surface area contributed by atoms with Gasteiger partial charge in [0.15, 0.2) is 0 Å². The van der Waals surface area contributed by atoms with E-state index in [0.717, 1.165) is 30.4 Å². The maximum Gasteiger partial charge on any atom is 0.0934 e. The number of fused-ring (bicyclic) bond motifs is 1. The Bertz CT molecular complexity index is 517. The zero-order chi connectivity index (χ0) is 13.7. The second kappa shape index (κ2) is 6.62. The van der Waals surface area contributed by atoms with E-state index in [9.17, 15) is 0 Å². The van der Waals surface area contributed by atoms with Crippen LogP contribution in [0, 0.1) is 5.92 Å². The minimum absolute atomic E-state index is 0.361. The van der Waals surface area contributed by atoms with E-state index in [1.54, 1.807) is 12.4 Å². The fourth-order valence-corrected chi connectivity index (χ4v) is 2.41. The van der Waals surface area contributed by atoms with Crippen LogP contribution in [0.25, 0.3) is 11.0 Å². The predicted molar refractivity (Wildman–Crippen MR) is 80.0 cm³/mol. The van der Waals surface area contributed by atoms with Crippen molar-refractivity contribution in [3.63, 3.8) is 0 Å². The highest BCUT2D eigenvalue weighted by Crippen LogP contribution is 2.26. The smallest absolute Gasteiger partial charge is 0.0934 e. The molecule has 0 aliphatic rings. The van der Waals surface area contributed by atoms with Crippen molar-refractivity contribution in [2.45, 2.75) is 39.7 Å². The SMILES string of the molecule is CCCNC(CC(C)C)c1cccc2nccnc12. The largest absolute Gasteiger partial charge is 0.310 e. The summed E-state index contributed by atoms with van der Waals surface area (Å²) >= 11 is 0. The number of para-hydroxylation sites is 1. The summed E-state index contributed by atoms with van der Waals surface area (Å²) < 4.78 is 0. The molecule has 0 radical (unpaired) electrons. The minimum atomic E-state index is 0.361. The molecule has 1 aromatic carbocycles. The molecule has 1 aromatic heterocycles. The Labute approximate surface area is 115 Å². The van der Waals surface area contributed by atoms with Gasteiger partial charge in [-0.25, -0.2) is 0 Å². The second-order valence-electron chi connectivity index (χ2n) is 5.41. The summed E-state index contributed by atoms with van der Waals surface area (Å²) in [6.45, 7) is 7.76. The topological polar surface area (TPSA) is 37.8 Å². The molecule has 0 fully saturated rings. The van der Waals surface area contributed by atoms with Gasteiger partial charge in [0.05, 0.1) is 11.0 Å². The Kier molecular flexibility index (Phi) is 4.86. The molecule has 2 rings (SSSR count). The lowest BCUT2D eigenvalue weighted by molar-refractivity contribution is 0.432. The number of aromatic nitrogens is 2. The molecule has 1 heterocycles. The van der Waals surface area contributed by atoms with Crippen LogP contribution in [0.5, 0.6) is 0 Å². The first-order chi connectivity index (χ1) is 9.22. The highest BCUT2D eigenvalue weighted by molar-refractivity contribution is 5.78. The summed E-state index contributed by atoms with van der Waals surface area (Å²) in [6.07, 6.45) is 5.79. The van der Waals surface area contributed by atoms with Crippen LogP contribution >= 0.6 is 0 Å². The van der Waals surface area contributed by atoms with Crippen LogP contribution < -0.4 is 5.32 Å². The zero-order valence-corrected chi connectivity index (χ0v) is 12.1. The summed E-state index contributed by atoms with van der Waals surface area (Å²) in [5, 5.41) is 3.64. The molecule has 0 saturated carbocycles. The van der Waals surface area contributed by atoms with Crippen LogP contribution in [-0.2, 0) is 0 Å². The van der Waals surface area contributed by atoms with E-state index in [4.69, 9.17) is 0 Å². The van der Waals surface area contributed by atoms with Gasteiger partial charge in [0, 0.05) is 18.4 Å². The van der Waals surface area contributed by atoms with E-state index >= 15 is 0 Å². The molecule has 0 spiro atoms. The van der Waals surface area contributed by atoms with Crippen molar-refractivity contribution >= 4 is 11.0 Å². The Hall–Kier alpha value is -1.48. The highest BCUT2D eigenvalue weighted by Gasteiger charge is 2.16. The van der Waals surface area contributed by atoms with Gasteiger partial charge in [-0.05, 0) is 36.9 Å². The van der Waals surface area contributed by atoms with Crippen molar-refractivity contribution in [2.24, 2.45) is 5.92 Å². The molecule has 1 atom stereocenters. The van der Waals surface area contributed by atoms with Gasteiger partial charge < -0.3 is 5.32 Å². The molecule has 1 N–H and O–H groups in total. The Morgan fingerprint density at radius 1 is 1.16 bits per heavy atom. The number of nitrogens with one attached hydrogen (secondary N) is 1. The average Bonchev–Trinajstić information content (AvgIpc) is 2.42. The van der Waals surface area contributed by atoms with E-state index in [1.165, 1.54) is 5.56 Å². The quantitative estimate of drug-likeness (QED) is 0.857. The van der Waals surface area contributed by atoms with Gasteiger partial charge in [-0.3, -0.25) is 9.97 Å². The maximum absolute atomic E-state index is 4.51. The molecule has 0 saturated heterocycles. The Balaban J connectivity index is 2.37. The molecule has 3 nitrogen and oxygen atoms in total. The molecule has 19 heavy (non-hydrogen) atoms. The highest BCUT2D eigenvalue weighted by atomic mass is 14.9. The summed E-state index contributed by atoms with van der Waals surface area (Å²) in [5.41, 5.74) is 3.28. The second-order valence-corrected chi connectivity index (χ2v) is 5.41. The fraction of sp³-hybridized carbons (Fsp3) is 0.500. The van der Waals surface area contributed by atoms with Gasteiger partial charge in [0.2, 0.25) is 0 Å². The molecule has 1 unspecified atom stereocenters. The number of rotatable bonds is 6. The van der Waals surface area contributed by atoms with Gasteiger partial charge in [-0.15, -0.1) is 0 Å². The van der Waals surface area contributed by atoms with E-state index in [2.05, 4.69) is 48.2 Å². The molecule has 0 aliphatic heterocycles. The van der Waals surface area contributed by atoms with Crippen LogP contribution in [0.15, 0.2) is 30.6 Å². The molecule has 102 valence electrons. The number of hydrogen-bond donors (Lipinski definition) is 1. The lowest BCUT2D eigenvalue weighted by Gasteiger charge is -2.21. The van der Waals surface area contributed by atoms with Crippen LogP contribution in [-0.4, -0.2) is 16.5 Å². The maximum atomic E-state index is 4.51. The van der Waals surface area contributed by atoms with E-state index < -0.39 is 0 Å².